The summed E-state index contributed by atoms with van der Waals surface area (Å²) in [7, 11) is 0. The van der Waals surface area contributed by atoms with Crippen LogP contribution in [0.25, 0.3) is 5.69 Å². The lowest BCUT2D eigenvalue weighted by molar-refractivity contribution is -0.127. The van der Waals surface area contributed by atoms with Crippen LogP contribution in [-0.4, -0.2) is 52.2 Å². The maximum absolute atomic E-state index is 12.7. The second-order valence-electron chi connectivity index (χ2n) is 8.56. The quantitative estimate of drug-likeness (QED) is 0.766. The van der Waals surface area contributed by atoms with Gasteiger partial charge in [0, 0.05) is 12.0 Å². The summed E-state index contributed by atoms with van der Waals surface area (Å²) in [6, 6.07) is 8.32. The highest BCUT2D eigenvalue weighted by Gasteiger charge is 2.26. The highest BCUT2D eigenvalue weighted by atomic mass is 16.2. The van der Waals surface area contributed by atoms with Gasteiger partial charge in [-0.05, 0) is 72.7 Å². The highest BCUT2D eigenvalue weighted by Crippen LogP contribution is 2.23. The molecule has 0 atom stereocenters. The maximum Gasteiger partial charge on any atom is 0.238 e. The molecule has 3 rings (SSSR count). The van der Waals surface area contributed by atoms with Crippen molar-refractivity contribution in [3.05, 3.63) is 41.2 Å². The van der Waals surface area contributed by atoms with Crippen molar-refractivity contribution in [1.82, 2.24) is 20.0 Å². The van der Waals surface area contributed by atoms with Crippen molar-refractivity contribution in [2.24, 2.45) is 5.92 Å². The van der Waals surface area contributed by atoms with E-state index < -0.39 is 0 Å². The van der Waals surface area contributed by atoms with E-state index in [9.17, 15) is 9.59 Å². The van der Waals surface area contributed by atoms with Gasteiger partial charge in [0.25, 0.3) is 0 Å². The van der Waals surface area contributed by atoms with Crippen LogP contribution in [0, 0.1) is 26.7 Å². The standard InChI is InChI=1S/C23H33N5O2/c1-15(2)24-23(30)19-10-12-27(13-11-19)14-21(29)25-22-17(4)26-28(18(22)5)20-8-6-16(3)7-9-20/h6-9,15,19H,10-14H2,1-5H3,(H,24,30)(H,25,29). The van der Waals surface area contributed by atoms with Crippen LogP contribution in [0.5, 0.6) is 0 Å². The van der Waals surface area contributed by atoms with Crippen molar-refractivity contribution in [3.63, 3.8) is 0 Å². The molecule has 162 valence electrons. The van der Waals surface area contributed by atoms with E-state index in [1.807, 2.05) is 44.5 Å². The predicted molar refractivity (Wildman–Crippen MR) is 119 cm³/mol. The minimum absolute atomic E-state index is 0.0453. The van der Waals surface area contributed by atoms with Crippen molar-refractivity contribution in [1.29, 1.82) is 0 Å². The molecule has 2 aromatic rings. The van der Waals surface area contributed by atoms with Gasteiger partial charge < -0.3 is 10.6 Å². The first-order chi connectivity index (χ1) is 14.2. The number of anilines is 1. The Hall–Kier alpha value is -2.67. The Morgan fingerprint density at radius 2 is 1.73 bits per heavy atom. The van der Waals surface area contributed by atoms with Crippen LogP contribution < -0.4 is 10.6 Å². The fraction of sp³-hybridized carbons (Fsp3) is 0.522. The average molecular weight is 412 g/mol. The largest absolute Gasteiger partial charge is 0.354 e. The summed E-state index contributed by atoms with van der Waals surface area (Å²) in [4.78, 5) is 27.0. The molecule has 1 aromatic heterocycles. The molecule has 2 heterocycles. The molecule has 0 aliphatic carbocycles. The summed E-state index contributed by atoms with van der Waals surface area (Å²) in [5, 5.41) is 10.6. The molecule has 2 N–H and O–H groups in total. The summed E-state index contributed by atoms with van der Waals surface area (Å²) in [6.07, 6.45) is 1.57. The number of aromatic nitrogens is 2. The fourth-order valence-corrected chi connectivity index (χ4v) is 3.90. The Bertz CT molecular complexity index is 893. The zero-order valence-corrected chi connectivity index (χ0v) is 18.7. The van der Waals surface area contributed by atoms with Gasteiger partial charge in [-0.3, -0.25) is 14.5 Å². The average Bonchev–Trinajstić information content (AvgIpc) is 2.97. The lowest BCUT2D eigenvalue weighted by Crippen LogP contribution is -2.44. The third kappa shape index (κ3) is 5.27. The van der Waals surface area contributed by atoms with Gasteiger partial charge in [0.15, 0.2) is 0 Å². The zero-order valence-electron chi connectivity index (χ0n) is 18.7. The Balaban J connectivity index is 1.57. The molecule has 0 spiro atoms. The fourth-order valence-electron chi connectivity index (χ4n) is 3.90. The lowest BCUT2D eigenvalue weighted by Gasteiger charge is -2.31. The van der Waals surface area contributed by atoms with Crippen molar-refractivity contribution >= 4 is 17.5 Å². The smallest absolute Gasteiger partial charge is 0.238 e. The minimum Gasteiger partial charge on any atom is -0.354 e. The topological polar surface area (TPSA) is 79.3 Å². The predicted octanol–water partition coefficient (Wildman–Crippen LogP) is 2.97. The van der Waals surface area contributed by atoms with E-state index in [1.165, 1.54) is 5.56 Å². The van der Waals surface area contributed by atoms with E-state index in [-0.39, 0.29) is 23.8 Å². The molecule has 1 saturated heterocycles. The summed E-state index contributed by atoms with van der Waals surface area (Å²) in [5.41, 5.74) is 4.65. The van der Waals surface area contributed by atoms with Gasteiger partial charge in [0.2, 0.25) is 11.8 Å². The number of hydrogen-bond donors (Lipinski definition) is 2. The molecule has 0 unspecified atom stereocenters. The summed E-state index contributed by atoms with van der Waals surface area (Å²) in [6.45, 7) is 11.7. The number of aryl methyl sites for hydroxylation is 2. The molecule has 7 heteroatoms. The Kier molecular flexibility index (Phi) is 6.92. The second kappa shape index (κ2) is 9.43. The number of benzene rings is 1. The van der Waals surface area contributed by atoms with Gasteiger partial charge in [0.1, 0.15) is 0 Å². The molecule has 0 saturated carbocycles. The molecule has 30 heavy (non-hydrogen) atoms. The molecule has 1 aromatic carbocycles. The normalized spacial score (nSPS) is 15.4. The highest BCUT2D eigenvalue weighted by molar-refractivity contribution is 5.93. The Morgan fingerprint density at radius 3 is 2.33 bits per heavy atom. The van der Waals surface area contributed by atoms with Gasteiger partial charge in [-0.1, -0.05) is 17.7 Å². The first-order valence-electron chi connectivity index (χ1n) is 10.7. The van der Waals surface area contributed by atoms with E-state index in [0.717, 1.165) is 48.7 Å². The molecule has 2 amide bonds. The third-order valence-corrected chi connectivity index (χ3v) is 5.59. The van der Waals surface area contributed by atoms with Crippen LogP contribution in [0.1, 0.15) is 43.6 Å². The van der Waals surface area contributed by atoms with E-state index >= 15 is 0 Å². The number of carbonyl (C=O) groups excluding carboxylic acids is 2. The van der Waals surface area contributed by atoms with Crippen molar-refractivity contribution in [2.75, 3.05) is 25.0 Å². The molecular weight excluding hydrogens is 378 g/mol. The molecule has 1 aliphatic heterocycles. The molecule has 0 bridgehead atoms. The Labute approximate surface area is 178 Å². The number of amides is 2. The van der Waals surface area contributed by atoms with Crippen LogP contribution in [-0.2, 0) is 9.59 Å². The number of likely N-dealkylation sites (tertiary alicyclic amines) is 1. The van der Waals surface area contributed by atoms with E-state index in [4.69, 9.17) is 0 Å². The Morgan fingerprint density at radius 1 is 1.10 bits per heavy atom. The van der Waals surface area contributed by atoms with Crippen LogP contribution in [0.2, 0.25) is 0 Å². The molecule has 1 aliphatic rings. The molecule has 1 fully saturated rings. The summed E-state index contributed by atoms with van der Waals surface area (Å²) in [5.74, 6) is 0.127. The maximum atomic E-state index is 12.7. The van der Waals surface area contributed by atoms with Gasteiger partial charge in [-0.25, -0.2) is 4.68 Å². The van der Waals surface area contributed by atoms with Gasteiger partial charge in [-0.2, -0.15) is 5.10 Å². The molecule has 0 radical (unpaired) electrons. The minimum atomic E-state index is -0.0465. The van der Waals surface area contributed by atoms with Crippen molar-refractivity contribution in [3.8, 4) is 5.69 Å². The van der Waals surface area contributed by atoms with Crippen LogP contribution in [0.15, 0.2) is 24.3 Å². The number of hydrogen-bond acceptors (Lipinski definition) is 4. The lowest BCUT2D eigenvalue weighted by atomic mass is 9.95. The van der Waals surface area contributed by atoms with E-state index in [0.29, 0.717) is 6.54 Å². The number of carbonyl (C=O) groups is 2. The van der Waals surface area contributed by atoms with Gasteiger partial charge in [-0.15, -0.1) is 0 Å². The summed E-state index contributed by atoms with van der Waals surface area (Å²) >= 11 is 0. The van der Waals surface area contributed by atoms with Gasteiger partial charge >= 0.3 is 0 Å². The number of piperidine rings is 1. The summed E-state index contributed by atoms with van der Waals surface area (Å²) < 4.78 is 1.86. The number of nitrogens with one attached hydrogen (secondary N) is 2. The molecular formula is C23H33N5O2. The zero-order chi connectivity index (χ0) is 21.8. The van der Waals surface area contributed by atoms with Crippen molar-refractivity contribution < 1.29 is 9.59 Å². The second-order valence-corrected chi connectivity index (χ2v) is 8.56. The van der Waals surface area contributed by atoms with E-state index in [1.54, 1.807) is 0 Å². The SMILES string of the molecule is Cc1ccc(-n2nc(C)c(NC(=O)CN3CCC(C(=O)NC(C)C)CC3)c2C)cc1. The van der Waals surface area contributed by atoms with Gasteiger partial charge in [0.05, 0.1) is 29.3 Å². The van der Waals surface area contributed by atoms with Crippen LogP contribution in [0.4, 0.5) is 5.69 Å². The first kappa shape index (κ1) is 22.0. The first-order valence-corrected chi connectivity index (χ1v) is 10.7. The third-order valence-electron chi connectivity index (χ3n) is 5.59. The van der Waals surface area contributed by atoms with Crippen LogP contribution >= 0.6 is 0 Å². The molecule has 7 nitrogen and oxygen atoms in total. The number of nitrogens with zero attached hydrogens (tertiary/aromatic N) is 3. The number of rotatable bonds is 6. The monoisotopic (exact) mass is 411 g/mol. The van der Waals surface area contributed by atoms with Crippen LogP contribution in [0.3, 0.4) is 0 Å². The van der Waals surface area contributed by atoms with E-state index in [2.05, 4.69) is 39.7 Å². The van der Waals surface area contributed by atoms with Crippen molar-refractivity contribution in [2.45, 2.75) is 53.5 Å².